The molecule has 10 heteroatoms. The second-order valence-electron chi connectivity index (χ2n) is 11.0. The zero-order valence-corrected chi connectivity index (χ0v) is 23.4. The fraction of sp³-hybridized carbons (Fsp3) is 0.344. The molecular weight excluding hydrogens is 534 g/mol. The van der Waals surface area contributed by atoms with Crippen LogP contribution in [-0.2, 0) is 0 Å². The molecule has 0 unspecified atom stereocenters. The molecule has 3 aromatic carbocycles. The lowest BCUT2D eigenvalue weighted by Gasteiger charge is -2.37. The maximum Gasteiger partial charge on any atom is 0.255 e. The number of amides is 3. The van der Waals surface area contributed by atoms with Crippen molar-refractivity contribution in [3.63, 3.8) is 0 Å². The second kappa shape index (κ2) is 12.1. The smallest absolute Gasteiger partial charge is 0.255 e. The molecular formula is C32H35N5O5. The Balaban J connectivity index is 1.21. The number of fused-ring (bicyclic) bond motifs is 1. The van der Waals surface area contributed by atoms with E-state index in [0.29, 0.717) is 60.1 Å². The van der Waals surface area contributed by atoms with E-state index in [9.17, 15) is 14.4 Å². The zero-order chi connectivity index (χ0) is 29.1. The minimum absolute atomic E-state index is 0.00210. The van der Waals surface area contributed by atoms with Gasteiger partial charge in [0, 0.05) is 55.0 Å². The van der Waals surface area contributed by atoms with Gasteiger partial charge in [0.1, 0.15) is 0 Å². The molecule has 0 bridgehead atoms. The van der Waals surface area contributed by atoms with Crippen LogP contribution in [0.25, 0.3) is 0 Å². The molecule has 0 radical (unpaired) electrons. The molecule has 3 amide bonds. The molecule has 0 aromatic heterocycles. The van der Waals surface area contributed by atoms with Crippen LogP contribution in [0.5, 0.6) is 11.5 Å². The SMILES string of the molecule is NC1CCC(NC(=O)c2ccc(N3CCN(C(=O)c4ccccc4)CC3)c(NC(=O)c3ccc4c(c3)OCO4)c2)CC1. The van der Waals surface area contributed by atoms with E-state index in [2.05, 4.69) is 15.5 Å². The van der Waals surface area contributed by atoms with Crippen LogP contribution in [0.3, 0.4) is 0 Å². The van der Waals surface area contributed by atoms with E-state index >= 15 is 0 Å². The van der Waals surface area contributed by atoms with Crippen LogP contribution in [0, 0.1) is 0 Å². The van der Waals surface area contributed by atoms with Crippen molar-refractivity contribution in [2.24, 2.45) is 5.73 Å². The van der Waals surface area contributed by atoms with Crippen LogP contribution >= 0.6 is 0 Å². The fourth-order valence-electron chi connectivity index (χ4n) is 5.73. The van der Waals surface area contributed by atoms with Crippen LogP contribution in [0.4, 0.5) is 11.4 Å². The summed E-state index contributed by atoms with van der Waals surface area (Å²) in [6, 6.07) is 20.0. The molecule has 6 rings (SSSR count). The molecule has 0 spiro atoms. The monoisotopic (exact) mass is 569 g/mol. The van der Waals surface area contributed by atoms with E-state index in [-0.39, 0.29) is 36.6 Å². The summed E-state index contributed by atoms with van der Waals surface area (Å²) in [6.45, 7) is 2.36. The number of anilines is 2. The molecule has 42 heavy (non-hydrogen) atoms. The number of nitrogens with one attached hydrogen (secondary N) is 2. The van der Waals surface area contributed by atoms with Gasteiger partial charge >= 0.3 is 0 Å². The highest BCUT2D eigenvalue weighted by atomic mass is 16.7. The molecule has 1 saturated carbocycles. The van der Waals surface area contributed by atoms with Crippen molar-refractivity contribution in [1.29, 1.82) is 0 Å². The van der Waals surface area contributed by atoms with Gasteiger partial charge in [-0.05, 0) is 74.2 Å². The molecule has 3 aromatic rings. The lowest BCUT2D eigenvalue weighted by atomic mass is 9.91. The average molecular weight is 570 g/mol. The van der Waals surface area contributed by atoms with Crippen molar-refractivity contribution in [1.82, 2.24) is 10.2 Å². The third-order valence-corrected chi connectivity index (χ3v) is 8.18. The Morgan fingerprint density at radius 1 is 0.738 bits per heavy atom. The maximum absolute atomic E-state index is 13.4. The Bertz CT molecular complexity index is 1460. The number of nitrogens with two attached hydrogens (primary N) is 1. The summed E-state index contributed by atoms with van der Waals surface area (Å²) >= 11 is 0. The predicted molar refractivity (Wildman–Crippen MR) is 159 cm³/mol. The summed E-state index contributed by atoms with van der Waals surface area (Å²) in [6.07, 6.45) is 3.48. The topological polar surface area (TPSA) is 126 Å². The first-order valence-electron chi connectivity index (χ1n) is 14.5. The molecule has 2 aliphatic heterocycles. The first-order valence-corrected chi connectivity index (χ1v) is 14.5. The third kappa shape index (κ3) is 6.03. The summed E-state index contributed by atoms with van der Waals surface area (Å²) in [5.74, 6) is 0.604. The van der Waals surface area contributed by atoms with Gasteiger partial charge in [0.25, 0.3) is 17.7 Å². The Morgan fingerprint density at radius 2 is 1.43 bits per heavy atom. The number of carbonyl (C=O) groups is 3. The van der Waals surface area contributed by atoms with Crippen molar-refractivity contribution >= 4 is 29.1 Å². The minimum Gasteiger partial charge on any atom is -0.454 e. The van der Waals surface area contributed by atoms with Gasteiger partial charge in [-0.25, -0.2) is 0 Å². The van der Waals surface area contributed by atoms with Gasteiger partial charge < -0.3 is 35.6 Å². The van der Waals surface area contributed by atoms with E-state index in [1.165, 1.54) is 0 Å². The van der Waals surface area contributed by atoms with E-state index < -0.39 is 0 Å². The van der Waals surface area contributed by atoms with Gasteiger partial charge in [-0.15, -0.1) is 0 Å². The number of hydrogen-bond donors (Lipinski definition) is 3. The zero-order valence-electron chi connectivity index (χ0n) is 23.4. The van der Waals surface area contributed by atoms with Crippen molar-refractivity contribution in [2.45, 2.75) is 37.8 Å². The normalized spacial score (nSPS) is 19.7. The number of ether oxygens (including phenoxy) is 2. The molecule has 2 fully saturated rings. The van der Waals surface area contributed by atoms with Crippen LogP contribution < -0.4 is 30.7 Å². The van der Waals surface area contributed by atoms with E-state index in [0.717, 1.165) is 31.4 Å². The number of carbonyl (C=O) groups excluding carboxylic acids is 3. The summed E-state index contributed by atoms with van der Waals surface area (Å²) in [4.78, 5) is 43.6. The molecule has 218 valence electrons. The highest BCUT2D eigenvalue weighted by Crippen LogP contribution is 2.34. The predicted octanol–water partition coefficient (Wildman–Crippen LogP) is 3.63. The fourth-order valence-corrected chi connectivity index (χ4v) is 5.73. The molecule has 1 saturated heterocycles. The molecule has 4 N–H and O–H groups in total. The van der Waals surface area contributed by atoms with Gasteiger partial charge in [0.15, 0.2) is 11.5 Å². The summed E-state index contributed by atoms with van der Waals surface area (Å²) < 4.78 is 10.8. The van der Waals surface area contributed by atoms with Crippen LogP contribution in [-0.4, -0.2) is 67.7 Å². The maximum atomic E-state index is 13.4. The summed E-state index contributed by atoms with van der Waals surface area (Å²) in [7, 11) is 0. The van der Waals surface area contributed by atoms with Crippen LogP contribution in [0.1, 0.15) is 56.8 Å². The largest absolute Gasteiger partial charge is 0.454 e. The minimum atomic E-state index is -0.328. The van der Waals surface area contributed by atoms with Gasteiger partial charge in [0.2, 0.25) is 6.79 Å². The lowest BCUT2D eigenvalue weighted by molar-refractivity contribution is 0.0746. The van der Waals surface area contributed by atoms with Crippen molar-refractivity contribution in [2.75, 3.05) is 43.2 Å². The van der Waals surface area contributed by atoms with Crippen molar-refractivity contribution in [3.05, 3.63) is 83.4 Å². The Hall–Kier alpha value is -4.57. The van der Waals surface area contributed by atoms with Gasteiger partial charge in [-0.1, -0.05) is 18.2 Å². The number of nitrogens with zero attached hydrogens (tertiary/aromatic N) is 2. The van der Waals surface area contributed by atoms with E-state index in [1.54, 1.807) is 30.3 Å². The number of hydrogen-bond acceptors (Lipinski definition) is 7. The summed E-state index contributed by atoms with van der Waals surface area (Å²) in [5, 5.41) is 6.16. The highest BCUT2D eigenvalue weighted by Gasteiger charge is 2.26. The van der Waals surface area contributed by atoms with Gasteiger partial charge in [0.05, 0.1) is 11.4 Å². The van der Waals surface area contributed by atoms with Crippen LogP contribution in [0.2, 0.25) is 0 Å². The molecule has 0 atom stereocenters. The summed E-state index contributed by atoms with van der Waals surface area (Å²) in [5.41, 5.74) is 8.89. The Kier molecular flexibility index (Phi) is 7.96. The van der Waals surface area contributed by atoms with Gasteiger partial charge in [-0.3, -0.25) is 14.4 Å². The van der Waals surface area contributed by atoms with Gasteiger partial charge in [-0.2, -0.15) is 0 Å². The molecule has 3 aliphatic rings. The van der Waals surface area contributed by atoms with Crippen LogP contribution in [0.15, 0.2) is 66.7 Å². The Labute approximate surface area is 244 Å². The second-order valence-corrected chi connectivity index (χ2v) is 11.0. The number of piperazine rings is 1. The number of rotatable bonds is 6. The highest BCUT2D eigenvalue weighted by molar-refractivity contribution is 6.07. The van der Waals surface area contributed by atoms with Crippen molar-refractivity contribution in [3.8, 4) is 11.5 Å². The third-order valence-electron chi connectivity index (χ3n) is 8.18. The molecule has 2 heterocycles. The van der Waals surface area contributed by atoms with Crippen molar-refractivity contribution < 1.29 is 23.9 Å². The molecule has 10 nitrogen and oxygen atoms in total. The number of benzene rings is 3. The lowest BCUT2D eigenvalue weighted by Crippen LogP contribution is -2.49. The molecule has 1 aliphatic carbocycles. The first kappa shape index (κ1) is 27.6. The quantitative estimate of drug-likeness (QED) is 0.414. The first-order chi connectivity index (χ1) is 20.4. The van der Waals surface area contributed by atoms with E-state index in [4.69, 9.17) is 15.2 Å². The average Bonchev–Trinajstić information content (AvgIpc) is 3.50. The van der Waals surface area contributed by atoms with E-state index in [1.807, 2.05) is 41.3 Å². The standard InChI is InChI=1S/C32H35N5O5/c33-24-8-10-25(11-9-24)34-30(38)22-6-12-27(36-14-16-37(17-15-36)32(40)21-4-2-1-3-5-21)26(18-22)35-31(39)23-7-13-28-29(19-23)42-20-41-28/h1-7,12-13,18-19,24-25H,8-11,14-17,20,33H2,(H,34,38)(H,35,39). The Morgan fingerprint density at radius 3 is 2.19 bits per heavy atom.